The lowest BCUT2D eigenvalue weighted by Gasteiger charge is -2.17. The molecule has 2 bridgehead atoms. The van der Waals surface area contributed by atoms with Crippen LogP contribution in [-0.4, -0.2) is 49.4 Å². The van der Waals surface area contributed by atoms with Crippen LogP contribution in [-0.2, 0) is 19.1 Å². The highest BCUT2D eigenvalue weighted by molar-refractivity contribution is 6.10. The number of methoxy groups -OCH3 is 2. The molecule has 1 heterocycles. The number of benzene rings is 1. The van der Waals surface area contributed by atoms with Gasteiger partial charge in [0.05, 0.1) is 37.3 Å². The summed E-state index contributed by atoms with van der Waals surface area (Å²) >= 11 is 0. The number of allylic oxidation sites excluding steroid dienone is 2. The van der Waals surface area contributed by atoms with Crippen LogP contribution in [0.5, 0.6) is 5.75 Å². The van der Waals surface area contributed by atoms with Crippen molar-refractivity contribution in [1.82, 2.24) is 4.90 Å². The predicted octanol–water partition coefficient (Wildman–Crippen LogP) is 1.23. The number of hydrogen-bond donors (Lipinski definition) is 1. The molecule has 2 fully saturated rings. The maximum Gasteiger partial charge on any atom is 0.340 e. The van der Waals surface area contributed by atoms with Crippen LogP contribution in [0, 0.1) is 23.7 Å². The molecule has 0 aromatic heterocycles. The fraction of sp³-hybridized carbons (Fsp3) is 0.400. The first-order valence-electron chi connectivity index (χ1n) is 9.04. The first-order chi connectivity index (χ1) is 13.4. The number of nitrogens with zero attached hydrogens (tertiary/aromatic N) is 1. The summed E-state index contributed by atoms with van der Waals surface area (Å²) in [7, 11) is 2.69. The van der Waals surface area contributed by atoms with Crippen molar-refractivity contribution >= 4 is 29.4 Å². The molecule has 1 N–H and O–H groups in total. The van der Waals surface area contributed by atoms with Crippen LogP contribution in [0.25, 0.3) is 0 Å². The number of fused-ring (bicyclic) bond motifs is 5. The van der Waals surface area contributed by atoms with E-state index in [0.29, 0.717) is 5.75 Å². The molecule has 8 nitrogen and oxygen atoms in total. The van der Waals surface area contributed by atoms with Gasteiger partial charge in [0.1, 0.15) is 12.3 Å². The molecule has 4 atom stereocenters. The van der Waals surface area contributed by atoms with Gasteiger partial charge in [0, 0.05) is 0 Å². The van der Waals surface area contributed by atoms with Gasteiger partial charge in [-0.1, -0.05) is 12.2 Å². The molecule has 0 spiro atoms. The van der Waals surface area contributed by atoms with E-state index in [1.165, 1.54) is 26.4 Å². The molecule has 1 saturated heterocycles. The van der Waals surface area contributed by atoms with E-state index in [1.54, 1.807) is 6.07 Å². The van der Waals surface area contributed by atoms with E-state index in [2.05, 4.69) is 5.32 Å². The van der Waals surface area contributed by atoms with Gasteiger partial charge < -0.3 is 14.8 Å². The van der Waals surface area contributed by atoms with E-state index in [4.69, 9.17) is 9.47 Å². The van der Waals surface area contributed by atoms with Gasteiger partial charge in [-0.3, -0.25) is 19.3 Å². The van der Waals surface area contributed by atoms with Gasteiger partial charge in [-0.2, -0.15) is 0 Å². The summed E-state index contributed by atoms with van der Waals surface area (Å²) in [6.45, 7) is -0.378. The Labute approximate surface area is 161 Å². The van der Waals surface area contributed by atoms with E-state index in [-0.39, 0.29) is 53.3 Å². The number of esters is 1. The number of carbonyl (C=O) groups is 4. The third-order valence-electron chi connectivity index (χ3n) is 5.77. The summed E-state index contributed by atoms with van der Waals surface area (Å²) in [5.41, 5.74) is 0.340. The van der Waals surface area contributed by atoms with Crippen LogP contribution in [0.3, 0.4) is 0 Å². The van der Waals surface area contributed by atoms with Crippen LogP contribution in [0.4, 0.5) is 5.69 Å². The molecule has 1 aromatic rings. The van der Waals surface area contributed by atoms with Crippen molar-refractivity contribution in [3.8, 4) is 5.75 Å². The molecule has 146 valence electrons. The lowest BCUT2D eigenvalue weighted by atomic mass is 9.85. The smallest absolute Gasteiger partial charge is 0.340 e. The summed E-state index contributed by atoms with van der Waals surface area (Å²) in [5, 5.41) is 2.59. The number of hydrogen-bond acceptors (Lipinski definition) is 6. The highest BCUT2D eigenvalue weighted by atomic mass is 16.5. The Morgan fingerprint density at radius 2 is 1.75 bits per heavy atom. The van der Waals surface area contributed by atoms with Gasteiger partial charge in [0.15, 0.2) is 0 Å². The first-order valence-corrected chi connectivity index (χ1v) is 9.04. The number of ether oxygens (including phenoxy) is 2. The van der Waals surface area contributed by atoms with Gasteiger partial charge in [-0.05, 0) is 36.5 Å². The van der Waals surface area contributed by atoms with Crippen LogP contribution in [0.15, 0.2) is 30.4 Å². The zero-order chi connectivity index (χ0) is 20.0. The molecule has 2 aliphatic carbocycles. The third kappa shape index (κ3) is 2.76. The molecular formula is C20H20N2O6. The zero-order valence-corrected chi connectivity index (χ0v) is 15.5. The van der Waals surface area contributed by atoms with Gasteiger partial charge >= 0.3 is 5.97 Å². The normalized spacial score (nSPS) is 27.1. The van der Waals surface area contributed by atoms with Gasteiger partial charge in [0.2, 0.25) is 17.7 Å². The standard InChI is InChI=1S/C20H20N2O6/c1-27-12-5-6-14(13(8-12)20(26)28-2)21-15(23)9-22-18(24)16-10-3-4-11(7-10)17(16)19(22)25/h3-6,8,10-11,16-17H,7,9H2,1-2H3,(H,21,23). The summed E-state index contributed by atoms with van der Waals surface area (Å²) in [5.74, 6) is -1.85. The van der Waals surface area contributed by atoms with Crippen molar-refractivity contribution in [2.75, 3.05) is 26.1 Å². The van der Waals surface area contributed by atoms with E-state index < -0.39 is 11.9 Å². The fourth-order valence-electron chi connectivity index (χ4n) is 4.49. The number of anilines is 1. The molecule has 1 saturated carbocycles. The van der Waals surface area contributed by atoms with Crippen LogP contribution >= 0.6 is 0 Å². The number of nitrogens with one attached hydrogen (secondary N) is 1. The predicted molar refractivity (Wildman–Crippen MR) is 97.4 cm³/mol. The Hall–Kier alpha value is -3.16. The topological polar surface area (TPSA) is 102 Å². The number of carbonyl (C=O) groups excluding carboxylic acids is 4. The average Bonchev–Trinajstić information content (AvgIpc) is 3.37. The Morgan fingerprint density at radius 1 is 1.11 bits per heavy atom. The average molecular weight is 384 g/mol. The van der Waals surface area contributed by atoms with Crippen molar-refractivity contribution < 1.29 is 28.7 Å². The molecule has 3 aliphatic rings. The van der Waals surface area contributed by atoms with Gasteiger partial charge in [-0.15, -0.1) is 0 Å². The van der Waals surface area contributed by atoms with Crippen molar-refractivity contribution in [3.63, 3.8) is 0 Å². The molecule has 8 heteroatoms. The van der Waals surface area contributed by atoms with Crippen LogP contribution in [0.2, 0.25) is 0 Å². The second kappa shape index (κ2) is 6.78. The third-order valence-corrected chi connectivity index (χ3v) is 5.77. The monoisotopic (exact) mass is 384 g/mol. The van der Waals surface area contributed by atoms with E-state index in [9.17, 15) is 19.2 Å². The molecule has 1 aromatic carbocycles. The highest BCUT2D eigenvalue weighted by Crippen LogP contribution is 2.52. The maximum absolute atomic E-state index is 12.7. The second-order valence-electron chi connectivity index (χ2n) is 7.21. The summed E-state index contributed by atoms with van der Waals surface area (Å²) in [6.07, 6.45) is 4.84. The van der Waals surface area contributed by atoms with Crippen LogP contribution < -0.4 is 10.1 Å². The summed E-state index contributed by atoms with van der Waals surface area (Å²) < 4.78 is 9.82. The van der Waals surface area contributed by atoms with Gasteiger partial charge in [0.25, 0.3) is 0 Å². The molecule has 1 aliphatic heterocycles. The molecule has 3 amide bonds. The lowest BCUT2D eigenvalue weighted by molar-refractivity contribution is -0.143. The highest BCUT2D eigenvalue weighted by Gasteiger charge is 2.59. The summed E-state index contributed by atoms with van der Waals surface area (Å²) in [6, 6.07) is 4.54. The first kappa shape index (κ1) is 18.2. The zero-order valence-electron chi connectivity index (χ0n) is 15.5. The quantitative estimate of drug-likeness (QED) is 0.465. The molecule has 28 heavy (non-hydrogen) atoms. The lowest BCUT2D eigenvalue weighted by Crippen LogP contribution is -2.39. The van der Waals surface area contributed by atoms with E-state index in [1.807, 2.05) is 12.2 Å². The summed E-state index contributed by atoms with van der Waals surface area (Å²) in [4.78, 5) is 50.9. The maximum atomic E-state index is 12.7. The molecule has 4 unspecified atom stereocenters. The number of likely N-dealkylation sites (tertiary alicyclic amines) is 1. The van der Waals surface area contributed by atoms with Gasteiger partial charge in [-0.25, -0.2) is 4.79 Å². The van der Waals surface area contributed by atoms with Crippen molar-refractivity contribution in [1.29, 1.82) is 0 Å². The van der Waals surface area contributed by atoms with Crippen LogP contribution in [0.1, 0.15) is 16.8 Å². The molecular weight excluding hydrogens is 364 g/mol. The number of imide groups is 1. The fourth-order valence-corrected chi connectivity index (χ4v) is 4.49. The Kier molecular flexibility index (Phi) is 4.41. The Balaban J connectivity index is 1.49. The molecule has 4 rings (SSSR count). The largest absolute Gasteiger partial charge is 0.497 e. The second-order valence-corrected chi connectivity index (χ2v) is 7.21. The number of amides is 3. The minimum Gasteiger partial charge on any atom is -0.497 e. The minimum absolute atomic E-state index is 0.0898. The Morgan fingerprint density at radius 3 is 2.32 bits per heavy atom. The minimum atomic E-state index is -0.639. The van der Waals surface area contributed by atoms with Crippen molar-refractivity contribution in [2.24, 2.45) is 23.7 Å². The van der Waals surface area contributed by atoms with E-state index >= 15 is 0 Å². The van der Waals surface area contributed by atoms with Crippen molar-refractivity contribution in [2.45, 2.75) is 6.42 Å². The van der Waals surface area contributed by atoms with E-state index in [0.717, 1.165) is 11.3 Å². The molecule has 0 radical (unpaired) electrons. The van der Waals surface area contributed by atoms with Crippen molar-refractivity contribution in [3.05, 3.63) is 35.9 Å². The number of rotatable bonds is 5. The SMILES string of the molecule is COC(=O)c1cc(OC)ccc1NC(=O)CN1C(=O)C2C3C=CC(C3)C2C1=O. The Bertz CT molecular complexity index is 878.